The fourth-order valence-electron chi connectivity index (χ4n) is 1.95. The number of hydrogen-bond acceptors (Lipinski definition) is 3. The number of carbonyl (C=O) groups excluding carboxylic acids is 1. The first-order chi connectivity index (χ1) is 7.20. The predicted molar refractivity (Wildman–Crippen MR) is 58.5 cm³/mol. The Bertz CT molecular complexity index is 211. The molecular weight excluding hydrogens is 194 g/mol. The Kier molecular flexibility index (Phi) is 4.84. The summed E-state index contributed by atoms with van der Waals surface area (Å²) in [5.74, 6) is 0. The van der Waals surface area contributed by atoms with Crippen LogP contribution in [0.2, 0.25) is 0 Å². The second-order valence-corrected chi connectivity index (χ2v) is 4.02. The van der Waals surface area contributed by atoms with E-state index in [4.69, 9.17) is 5.73 Å². The topological polar surface area (TPSA) is 69.8 Å². The highest BCUT2D eigenvalue weighted by molar-refractivity contribution is 5.74. The van der Waals surface area contributed by atoms with Crippen molar-refractivity contribution in [3.8, 4) is 0 Å². The maximum atomic E-state index is 11.9. The zero-order chi connectivity index (χ0) is 11.3. The Morgan fingerprint density at radius 2 is 2.33 bits per heavy atom. The zero-order valence-electron chi connectivity index (χ0n) is 9.35. The number of aliphatic hydroxyl groups excluding tert-OH is 1. The minimum absolute atomic E-state index is 0.00789. The summed E-state index contributed by atoms with van der Waals surface area (Å²) in [5, 5.41) is 9.18. The van der Waals surface area contributed by atoms with Gasteiger partial charge in [0.2, 0.25) is 0 Å². The molecule has 1 fully saturated rings. The van der Waals surface area contributed by atoms with Crippen LogP contribution in [-0.4, -0.2) is 60.3 Å². The van der Waals surface area contributed by atoms with E-state index >= 15 is 0 Å². The van der Waals surface area contributed by atoms with Crippen LogP contribution in [0.3, 0.4) is 0 Å². The molecule has 3 N–H and O–H groups in total. The number of likely N-dealkylation sites (tertiary alicyclic amines) is 1. The molecule has 0 aromatic heterocycles. The van der Waals surface area contributed by atoms with Gasteiger partial charge in [0, 0.05) is 26.7 Å². The molecule has 0 aliphatic carbocycles. The molecule has 2 amide bonds. The maximum Gasteiger partial charge on any atom is 0.320 e. The Morgan fingerprint density at radius 1 is 1.60 bits per heavy atom. The number of piperidine rings is 1. The highest BCUT2D eigenvalue weighted by Gasteiger charge is 2.27. The SMILES string of the molecule is CN(CCN)C(=O)N1CCCCC1CO. The molecule has 1 aliphatic heterocycles. The molecule has 5 nitrogen and oxygen atoms in total. The van der Waals surface area contributed by atoms with Gasteiger partial charge in [0.1, 0.15) is 0 Å². The van der Waals surface area contributed by atoms with E-state index < -0.39 is 0 Å². The van der Waals surface area contributed by atoms with Crippen LogP contribution in [0.4, 0.5) is 4.79 Å². The van der Waals surface area contributed by atoms with Gasteiger partial charge in [-0.15, -0.1) is 0 Å². The normalized spacial score (nSPS) is 21.5. The number of nitrogens with two attached hydrogens (primary N) is 1. The lowest BCUT2D eigenvalue weighted by molar-refractivity contribution is 0.0903. The third kappa shape index (κ3) is 3.07. The Hall–Kier alpha value is -0.810. The highest BCUT2D eigenvalue weighted by Crippen LogP contribution is 2.17. The molecule has 0 aromatic rings. The standard InChI is InChI=1S/C10H21N3O2/c1-12(7-5-11)10(15)13-6-3-2-4-9(13)8-14/h9,14H,2-8,11H2,1H3. The van der Waals surface area contributed by atoms with Crippen molar-refractivity contribution in [1.82, 2.24) is 9.80 Å². The van der Waals surface area contributed by atoms with E-state index in [0.717, 1.165) is 25.8 Å². The summed E-state index contributed by atoms with van der Waals surface area (Å²) in [6, 6.07) is -0.0225. The van der Waals surface area contributed by atoms with Gasteiger partial charge in [-0.05, 0) is 19.3 Å². The molecule has 88 valence electrons. The molecule has 0 aromatic carbocycles. The largest absolute Gasteiger partial charge is 0.394 e. The summed E-state index contributed by atoms with van der Waals surface area (Å²) in [6.07, 6.45) is 3.02. The lowest BCUT2D eigenvalue weighted by Gasteiger charge is -2.37. The molecule has 15 heavy (non-hydrogen) atoms. The van der Waals surface area contributed by atoms with Gasteiger partial charge in [-0.1, -0.05) is 0 Å². The summed E-state index contributed by atoms with van der Waals surface area (Å²) in [5.41, 5.74) is 5.40. The summed E-state index contributed by atoms with van der Waals surface area (Å²) in [7, 11) is 1.75. The van der Waals surface area contributed by atoms with E-state index in [9.17, 15) is 9.90 Å². The van der Waals surface area contributed by atoms with Crippen molar-refractivity contribution < 1.29 is 9.90 Å². The highest BCUT2D eigenvalue weighted by atomic mass is 16.3. The van der Waals surface area contributed by atoms with E-state index in [1.54, 1.807) is 16.8 Å². The number of likely N-dealkylation sites (N-methyl/N-ethyl adjacent to an activating group) is 1. The quantitative estimate of drug-likeness (QED) is 0.687. The first-order valence-electron chi connectivity index (χ1n) is 5.53. The predicted octanol–water partition coefficient (Wildman–Crippen LogP) is -0.156. The van der Waals surface area contributed by atoms with Crippen LogP contribution in [0.15, 0.2) is 0 Å². The lowest BCUT2D eigenvalue weighted by atomic mass is 10.0. The zero-order valence-corrected chi connectivity index (χ0v) is 9.35. The molecule has 1 saturated heterocycles. The fourth-order valence-corrected chi connectivity index (χ4v) is 1.95. The van der Waals surface area contributed by atoms with Crippen molar-refractivity contribution >= 4 is 6.03 Å². The Labute approximate surface area is 90.8 Å². The Balaban J connectivity index is 2.55. The first-order valence-corrected chi connectivity index (χ1v) is 5.53. The van der Waals surface area contributed by atoms with Crippen LogP contribution in [0.25, 0.3) is 0 Å². The fraction of sp³-hybridized carbons (Fsp3) is 0.900. The smallest absolute Gasteiger partial charge is 0.320 e. The molecule has 1 atom stereocenters. The summed E-state index contributed by atoms with van der Waals surface area (Å²) in [4.78, 5) is 15.3. The maximum absolute atomic E-state index is 11.9. The molecule has 0 radical (unpaired) electrons. The van der Waals surface area contributed by atoms with Crippen molar-refractivity contribution in [3.05, 3.63) is 0 Å². The molecule has 1 aliphatic rings. The monoisotopic (exact) mass is 215 g/mol. The van der Waals surface area contributed by atoms with Gasteiger partial charge in [0.15, 0.2) is 0 Å². The Morgan fingerprint density at radius 3 is 2.93 bits per heavy atom. The van der Waals surface area contributed by atoms with E-state index in [1.165, 1.54) is 0 Å². The summed E-state index contributed by atoms with van der Waals surface area (Å²) >= 11 is 0. The molecular formula is C10H21N3O2. The van der Waals surface area contributed by atoms with Gasteiger partial charge in [-0.2, -0.15) is 0 Å². The van der Waals surface area contributed by atoms with Gasteiger partial charge in [0.05, 0.1) is 12.6 Å². The number of rotatable bonds is 3. The van der Waals surface area contributed by atoms with Gasteiger partial charge in [0.25, 0.3) is 0 Å². The van der Waals surface area contributed by atoms with E-state index in [-0.39, 0.29) is 18.7 Å². The van der Waals surface area contributed by atoms with Gasteiger partial charge in [-0.3, -0.25) is 0 Å². The first kappa shape index (κ1) is 12.3. The van der Waals surface area contributed by atoms with Crippen LogP contribution >= 0.6 is 0 Å². The second kappa shape index (κ2) is 5.92. The van der Waals surface area contributed by atoms with Crippen molar-refractivity contribution in [2.75, 3.05) is 33.3 Å². The van der Waals surface area contributed by atoms with Gasteiger partial charge < -0.3 is 20.6 Å². The van der Waals surface area contributed by atoms with Crippen LogP contribution < -0.4 is 5.73 Å². The van der Waals surface area contributed by atoms with Crippen molar-refractivity contribution in [2.45, 2.75) is 25.3 Å². The van der Waals surface area contributed by atoms with Crippen molar-refractivity contribution in [3.63, 3.8) is 0 Å². The minimum atomic E-state index is -0.0146. The van der Waals surface area contributed by atoms with Gasteiger partial charge in [-0.25, -0.2) is 4.79 Å². The van der Waals surface area contributed by atoms with E-state index in [1.807, 2.05) is 0 Å². The molecule has 0 bridgehead atoms. The lowest BCUT2D eigenvalue weighted by Crippen LogP contribution is -2.51. The third-order valence-corrected chi connectivity index (χ3v) is 2.87. The number of urea groups is 1. The number of aliphatic hydroxyl groups is 1. The molecule has 1 rings (SSSR count). The average Bonchev–Trinajstić information content (AvgIpc) is 2.28. The van der Waals surface area contributed by atoms with Crippen LogP contribution in [0, 0.1) is 0 Å². The van der Waals surface area contributed by atoms with E-state index in [0.29, 0.717) is 13.1 Å². The van der Waals surface area contributed by atoms with Crippen molar-refractivity contribution in [2.24, 2.45) is 5.73 Å². The molecule has 1 unspecified atom stereocenters. The number of amides is 2. The number of nitrogens with zero attached hydrogens (tertiary/aromatic N) is 2. The number of hydrogen-bond donors (Lipinski definition) is 2. The summed E-state index contributed by atoms with van der Waals surface area (Å²) < 4.78 is 0. The molecule has 5 heteroatoms. The number of carbonyl (C=O) groups is 1. The van der Waals surface area contributed by atoms with Crippen LogP contribution in [-0.2, 0) is 0 Å². The van der Waals surface area contributed by atoms with Gasteiger partial charge >= 0.3 is 6.03 Å². The van der Waals surface area contributed by atoms with Crippen LogP contribution in [0.1, 0.15) is 19.3 Å². The second-order valence-electron chi connectivity index (χ2n) is 4.02. The third-order valence-electron chi connectivity index (χ3n) is 2.87. The molecule has 1 heterocycles. The van der Waals surface area contributed by atoms with Crippen molar-refractivity contribution in [1.29, 1.82) is 0 Å². The average molecular weight is 215 g/mol. The van der Waals surface area contributed by atoms with E-state index in [2.05, 4.69) is 0 Å². The molecule has 0 spiro atoms. The summed E-state index contributed by atoms with van der Waals surface area (Å²) in [6.45, 7) is 1.84. The van der Waals surface area contributed by atoms with Crippen LogP contribution in [0.5, 0.6) is 0 Å². The minimum Gasteiger partial charge on any atom is -0.394 e. The molecule has 0 saturated carbocycles.